The normalized spacial score (nSPS) is 10.2. The molecule has 5 nitrogen and oxygen atoms in total. The second kappa shape index (κ2) is 5.43. The number of hydrogen-bond donors (Lipinski definition) is 1. The van der Waals surface area contributed by atoms with Gasteiger partial charge in [-0.15, -0.1) is 0 Å². The number of nitrogens with zero attached hydrogens (tertiary/aromatic N) is 3. The molecule has 0 saturated carbocycles. The summed E-state index contributed by atoms with van der Waals surface area (Å²) in [4.78, 5) is 20.4. The highest BCUT2D eigenvalue weighted by molar-refractivity contribution is 5.86. The van der Waals surface area contributed by atoms with E-state index in [9.17, 15) is 9.18 Å². The van der Waals surface area contributed by atoms with E-state index in [0.717, 1.165) is 0 Å². The van der Waals surface area contributed by atoms with E-state index in [-0.39, 0.29) is 11.4 Å². The van der Waals surface area contributed by atoms with Gasteiger partial charge in [0.05, 0.1) is 5.56 Å². The fourth-order valence-electron chi connectivity index (χ4n) is 1.65. The van der Waals surface area contributed by atoms with Crippen molar-refractivity contribution in [1.82, 2.24) is 9.97 Å². The molecule has 1 aromatic heterocycles. The van der Waals surface area contributed by atoms with Crippen LogP contribution in [0.25, 0.3) is 0 Å². The molecule has 0 saturated heterocycles. The van der Waals surface area contributed by atoms with Crippen molar-refractivity contribution in [3.8, 4) is 0 Å². The van der Waals surface area contributed by atoms with Crippen LogP contribution in [0.2, 0.25) is 0 Å². The first-order chi connectivity index (χ1) is 9.11. The molecule has 2 rings (SSSR count). The van der Waals surface area contributed by atoms with Crippen LogP contribution in [0.3, 0.4) is 0 Å². The molecule has 0 amide bonds. The molecule has 0 aliphatic rings. The molecule has 0 spiro atoms. The molecule has 0 atom stereocenters. The van der Waals surface area contributed by atoms with Gasteiger partial charge in [-0.1, -0.05) is 6.07 Å². The molecule has 1 N–H and O–H groups in total. The molecular formula is C13H12FN3O2. The van der Waals surface area contributed by atoms with Crippen LogP contribution >= 0.6 is 0 Å². The number of hydrogen-bond acceptors (Lipinski definition) is 4. The van der Waals surface area contributed by atoms with Crippen LogP contribution in [0.15, 0.2) is 36.7 Å². The van der Waals surface area contributed by atoms with Gasteiger partial charge in [0.15, 0.2) is 0 Å². The van der Waals surface area contributed by atoms with Crippen molar-refractivity contribution >= 4 is 17.6 Å². The monoisotopic (exact) mass is 261 g/mol. The third kappa shape index (κ3) is 2.85. The number of halogens is 1. The predicted molar refractivity (Wildman–Crippen MR) is 68.1 cm³/mol. The van der Waals surface area contributed by atoms with Crippen molar-refractivity contribution in [3.05, 3.63) is 48.0 Å². The Morgan fingerprint density at radius 3 is 2.58 bits per heavy atom. The number of aromatic nitrogens is 2. The maximum absolute atomic E-state index is 13.2. The van der Waals surface area contributed by atoms with Crippen molar-refractivity contribution in [3.63, 3.8) is 0 Å². The van der Waals surface area contributed by atoms with Gasteiger partial charge in [-0.2, -0.15) is 0 Å². The lowest BCUT2D eigenvalue weighted by Crippen LogP contribution is -2.19. The molecule has 0 radical (unpaired) electrons. The summed E-state index contributed by atoms with van der Waals surface area (Å²) >= 11 is 0. The van der Waals surface area contributed by atoms with Crippen LogP contribution in [-0.4, -0.2) is 27.6 Å². The van der Waals surface area contributed by atoms with Crippen molar-refractivity contribution < 1.29 is 14.3 Å². The van der Waals surface area contributed by atoms with Crippen molar-refractivity contribution in [1.29, 1.82) is 0 Å². The minimum absolute atomic E-state index is 0.0130. The maximum atomic E-state index is 13.2. The lowest BCUT2D eigenvalue weighted by atomic mass is 10.3. The van der Waals surface area contributed by atoms with Crippen molar-refractivity contribution in [2.75, 3.05) is 11.4 Å². The number of carboxylic acid groups (broad SMARTS) is 1. The smallest absolute Gasteiger partial charge is 0.338 e. The topological polar surface area (TPSA) is 66.3 Å². The Hall–Kier alpha value is -2.50. The largest absolute Gasteiger partial charge is 0.478 e. The summed E-state index contributed by atoms with van der Waals surface area (Å²) < 4.78 is 13.2. The third-order valence-electron chi connectivity index (χ3n) is 2.56. The molecule has 0 fully saturated rings. The Morgan fingerprint density at radius 1 is 1.37 bits per heavy atom. The molecule has 98 valence electrons. The van der Waals surface area contributed by atoms with Gasteiger partial charge >= 0.3 is 5.97 Å². The Labute approximate surface area is 109 Å². The van der Waals surface area contributed by atoms with E-state index in [0.29, 0.717) is 18.2 Å². The Kier molecular flexibility index (Phi) is 3.70. The average Bonchev–Trinajstić information content (AvgIpc) is 2.40. The molecule has 2 aromatic rings. The van der Waals surface area contributed by atoms with E-state index < -0.39 is 5.97 Å². The summed E-state index contributed by atoms with van der Waals surface area (Å²) in [6.45, 7) is 2.41. The summed E-state index contributed by atoms with van der Waals surface area (Å²) in [7, 11) is 0. The summed E-state index contributed by atoms with van der Waals surface area (Å²) in [6.07, 6.45) is 2.46. The zero-order valence-corrected chi connectivity index (χ0v) is 10.2. The number of aromatic carboxylic acids is 1. The SMILES string of the molecule is CCN(c1cccc(F)c1)c1ncc(C(=O)O)cn1. The highest BCUT2D eigenvalue weighted by Crippen LogP contribution is 2.22. The van der Waals surface area contributed by atoms with Crippen LogP contribution in [0.5, 0.6) is 0 Å². The van der Waals surface area contributed by atoms with Crippen LogP contribution in [0.4, 0.5) is 16.0 Å². The van der Waals surface area contributed by atoms with Gasteiger partial charge in [-0.05, 0) is 25.1 Å². The van der Waals surface area contributed by atoms with E-state index in [1.54, 1.807) is 17.0 Å². The van der Waals surface area contributed by atoms with Crippen LogP contribution in [0, 0.1) is 5.82 Å². The van der Waals surface area contributed by atoms with E-state index in [2.05, 4.69) is 9.97 Å². The van der Waals surface area contributed by atoms with Gasteiger partial charge < -0.3 is 10.0 Å². The number of carbonyl (C=O) groups is 1. The number of anilines is 2. The standard InChI is InChI=1S/C13H12FN3O2/c1-2-17(11-5-3-4-10(14)6-11)13-15-7-9(8-16-13)12(18)19/h3-8H,2H2,1H3,(H,18,19). The zero-order chi connectivity index (χ0) is 13.8. The summed E-state index contributed by atoms with van der Waals surface area (Å²) in [5, 5.41) is 8.78. The van der Waals surface area contributed by atoms with Gasteiger partial charge in [0, 0.05) is 24.6 Å². The van der Waals surface area contributed by atoms with Gasteiger partial charge in [-0.3, -0.25) is 0 Å². The van der Waals surface area contributed by atoms with Crippen molar-refractivity contribution in [2.45, 2.75) is 6.92 Å². The highest BCUT2D eigenvalue weighted by Gasteiger charge is 2.12. The van der Waals surface area contributed by atoms with Gasteiger partial charge in [-0.25, -0.2) is 19.2 Å². The molecule has 0 aliphatic carbocycles. The van der Waals surface area contributed by atoms with Crippen LogP contribution in [-0.2, 0) is 0 Å². The molecule has 1 aromatic carbocycles. The average molecular weight is 261 g/mol. The number of carboxylic acids is 1. The van der Waals surface area contributed by atoms with E-state index in [1.165, 1.54) is 24.5 Å². The zero-order valence-electron chi connectivity index (χ0n) is 10.2. The highest BCUT2D eigenvalue weighted by atomic mass is 19.1. The Balaban J connectivity index is 2.34. The molecule has 19 heavy (non-hydrogen) atoms. The predicted octanol–water partition coefficient (Wildman–Crippen LogP) is 2.47. The minimum atomic E-state index is -1.08. The fourth-order valence-corrected chi connectivity index (χ4v) is 1.65. The molecule has 0 aliphatic heterocycles. The molecular weight excluding hydrogens is 249 g/mol. The fraction of sp³-hybridized carbons (Fsp3) is 0.154. The first kappa shape index (κ1) is 12.9. The van der Waals surface area contributed by atoms with Crippen LogP contribution in [0.1, 0.15) is 17.3 Å². The lowest BCUT2D eigenvalue weighted by Gasteiger charge is -2.20. The first-order valence-electron chi connectivity index (χ1n) is 5.70. The summed E-state index contributed by atoms with van der Waals surface area (Å²) in [6, 6.07) is 6.06. The quantitative estimate of drug-likeness (QED) is 0.915. The second-order valence-corrected chi connectivity index (χ2v) is 3.80. The molecule has 0 unspecified atom stereocenters. The van der Waals surface area contributed by atoms with E-state index in [4.69, 9.17) is 5.11 Å². The van der Waals surface area contributed by atoms with Gasteiger partial charge in [0.25, 0.3) is 0 Å². The number of benzene rings is 1. The van der Waals surface area contributed by atoms with E-state index >= 15 is 0 Å². The molecule has 0 bridgehead atoms. The molecule has 6 heteroatoms. The minimum Gasteiger partial charge on any atom is -0.478 e. The second-order valence-electron chi connectivity index (χ2n) is 3.80. The third-order valence-corrected chi connectivity index (χ3v) is 2.56. The van der Waals surface area contributed by atoms with Crippen molar-refractivity contribution in [2.24, 2.45) is 0 Å². The summed E-state index contributed by atoms with van der Waals surface area (Å²) in [5.74, 6) is -1.10. The van der Waals surface area contributed by atoms with Gasteiger partial charge in [0.2, 0.25) is 5.95 Å². The summed E-state index contributed by atoms with van der Waals surface area (Å²) in [5.41, 5.74) is 0.629. The lowest BCUT2D eigenvalue weighted by molar-refractivity contribution is 0.0696. The molecule has 1 heterocycles. The number of rotatable bonds is 4. The Bertz CT molecular complexity index is 587. The Morgan fingerprint density at radius 2 is 2.05 bits per heavy atom. The van der Waals surface area contributed by atoms with Crippen LogP contribution < -0.4 is 4.90 Å². The van der Waals surface area contributed by atoms with E-state index in [1.807, 2.05) is 6.92 Å². The van der Waals surface area contributed by atoms with Gasteiger partial charge in [0.1, 0.15) is 5.82 Å². The maximum Gasteiger partial charge on any atom is 0.338 e. The first-order valence-corrected chi connectivity index (χ1v) is 5.70.